The highest BCUT2D eigenvalue weighted by molar-refractivity contribution is 7.98. The van der Waals surface area contributed by atoms with Crippen molar-refractivity contribution in [3.63, 3.8) is 0 Å². The van der Waals surface area contributed by atoms with Crippen molar-refractivity contribution in [2.45, 2.75) is 4.90 Å². The number of methoxy groups -OCH3 is 1. The van der Waals surface area contributed by atoms with Crippen LogP contribution in [0.5, 0.6) is 5.75 Å². The maximum Gasteiger partial charge on any atom is 0.258 e. The Balaban J connectivity index is 1.96. The van der Waals surface area contributed by atoms with Crippen LogP contribution in [0.25, 0.3) is 11.0 Å². The topological polar surface area (TPSA) is 67.0 Å². The minimum absolute atomic E-state index is 0.164. The van der Waals surface area contributed by atoms with Crippen LogP contribution in [0.4, 0.5) is 10.1 Å². The van der Waals surface area contributed by atoms with Gasteiger partial charge in [-0.15, -0.1) is 11.8 Å². The maximum atomic E-state index is 13.7. The van der Waals surface area contributed by atoms with Crippen LogP contribution in [0.15, 0.2) is 41.6 Å². The van der Waals surface area contributed by atoms with E-state index in [1.165, 1.54) is 25.6 Å². The summed E-state index contributed by atoms with van der Waals surface area (Å²) in [7, 11) is 1.53. The highest BCUT2D eigenvalue weighted by Gasteiger charge is 2.16. The molecule has 0 aliphatic heterocycles. The van der Waals surface area contributed by atoms with E-state index < -0.39 is 11.7 Å². The van der Waals surface area contributed by atoms with E-state index >= 15 is 0 Å². The molecule has 0 fully saturated rings. The Kier molecular flexibility index (Phi) is 4.20. The van der Waals surface area contributed by atoms with Gasteiger partial charge in [-0.05, 0) is 36.6 Å². The number of thioether (sulfide) groups is 1. The molecule has 5 nitrogen and oxygen atoms in total. The second-order valence-electron chi connectivity index (χ2n) is 4.77. The Hall–Kier alpha value is -2.54. The number of rotatable bonds is 4. The summed E-state index contributed by atoms with van der Waals surface area (Å²) in [5.74, 6) is -0.409. The first-order valence-electron chi connectivity index (χ1n) is 6.78. The van der Waals surface area contributed by atoms with Crippen molar-refractivity contribution in [1.82, 2.24) is 9.97 Å². The molecule has 0 aliphatic carbocycles. The molecular formula is C16H14FN3O2S. The van der Waals surface area contributed by atoms with Crippen LogP contribution in [0.3, 0.4) is 0 Å². The van der Waals surface area contributed by atoms with Gasteiger partial charge in [0, 0.05) is 4.90 Å². The molecule has 1 aromatic heterocycles. The van der Waals surface area contributed by atoms with Gasteiger partial charge in [-0.1, -0.05) is 0 Å². The Bertz CT molecular complexity index is 879. The Morgan fingerprint density at radius 2 is 2.17 bits per heavy atom. The molecule has 1 amide bonds. The number of H-pyrrole nitrogens is 1. The predicted molar refractivity (Wildman–Crippen MR) is 88.8 cm³/mol. The smallest absolute Gasteiger partial charge is 0.258 e. The van der Waals surface area contributed by atoms with Crippen LogP contribution in [-0.2, 0) is 0 Å². The summed E-state index contributed by atoms with van der Waals surface area (Å²) in [5, 5.41) is 2.74. The van der Waals surface area contributed by atoms with Crippen LogP contribution >= 0.6 is 11.8 Å². The average molecular weight is 331 g/mol. The van der Waals surface area contributed by atoms with Gasteiger partial charge in [-0.3, -0.25) is 4.79 Å². The number of nitrogens with one attached hydrogen (secondary N) is 2. The summed E-state index contributed by atoms with van der Waals surface area (Å²) < 4.78 is 19.0. The number of fused-ring (bicyclic) bond motifs is 1. The van der Waals surface area contributed by atoms with Crippen molar-refractivity contribution >= 4 is 34.4 Å². The molecule has 7 heteroatoms. The minimum Gasteiger partial charge on any atom is -0.495 e. The standard InChI is InChI=1S/C16H14FN3O2S/c1-22-14-7-10(23-2)3-4-12(14)20-16(21)11-5-9(17)6-13-15(11)19-8-18-13/h3-8H,1-2H3,(H,18,19)(H,20,21). The highest BCUT2D eigenvalue weighted by Crippen LogP contribution is 2.30. The third-order valence-corrected chi connectivity index (χ3v) is 4.12. The Morgan fingerprint density at radius 3 is 2.91 bits per heavy atom. The third kappa shape index (κ3) is 3.00. The molecule has 3 aromatic rings. The van der Waals surface area contributed by atoms with Gasteiger partial charge in [0.1, 0.15) is 17.1 Å². The summed E-state index contributed by atoms with van der Waals surface area (Å²) in [6.07, 6.45) is 3.38. The first-order chi connectivity index (χ1) is 11.1. The number of aromatic nitrogens is 2. The summed E-state index contributed by atoms with van der Waals surface area (Å²) in [4.78, 5) is 20.4. The third-order valence-electron chi connectivity index (χ3n) is 3.39. The van der Waals surface area contributed by atoms with Crippen LogP contribution < -0.4 is 10.1 Å². The molecule has 2 N–H and O–H groups in total. The van der Waals surface area contributed by atoms with E-state index in [2.05, 4.69) is 15.3 Å². The lowest BCUT2D eigenvalue weighted by atomic mass is 10.1. The number of benzene rings is 2. The zero-order chi connectivity index (χ0) is 16.4. The van der Waals surface area contributed by atoms with Crippen molar-refractivity contribution in [3.8, 4) is 5.75 Å². The zero-order valence-corrected chi connectivity index (χ0v) is 13.3. The summed E-state index contributed by atoms with van der Waals surface area (Å²) in [6, 6.07) is 7.92. The van der Waals surface area contributed by atoms with E-state index in [1.54, 1.807) is 17.8 Å². The summed E-state index contributed by atoms with van der Waals surface area (Å²) >= 11 is 1.57. The van der Waals surface area contributed by atoms with Crippen molar-refractivity contribution in [2.24, 2.45) is 0 Å². The first kappa shape index (κ1) is 15.4. The fourth-order valence-corrected chi connectivity index (χ4v) is 2.71. The summed E-state index contributed by atoms with van der Waals surface area (Å²) in [5.41, 5.74) is 1.57. The molecule has 0 atom stereocenters. The van der Waals surface area contributed by atoms with E-state index in [0.717, 1.165) is 4.90 Å². The number of carbonyl (C=O) groups excluding carboxylic acids is 1. The normalized spacial score (nSPS) is 10.7. The van der Waals surface area contributed by atoms with Gasteiger partial charge in [0.25, 0.3) is 5.91 Å². The lowest BCUT2D eigenvalue weighted by Crippen LogP contribution is -2.13. The van der Waals surface area contributed by atoms with E-state index in [-0.39, 0.29) is 5.56 Å². The fraction of sp³-hybridized carbons (Fsp3) is 0.125. The highest BCUT2D eigenvalue weighted by atomic mass is 32.2. The van der Waals surface area contributed by atoms with Crippen molar-refractivity contribution in [1.29, 1.82) is 0 Å². The molecule has 2 aromatic carbocycles. The van der Waals surface area contributed by atoms with E-state index in [4.69, 9.17) is 4.74 Å². The molecule has 0 aliphatic rings. The number of anilines is 1. The number of imidazole rings is 1. The predicted octanol–water partition coefficient (Wildman–Crippen LogP) is 3.68. The number of nitrogens with zero attached hydrogens (tertiary/aromatic N) is 1. The number of hydrogen-bond donors (Lipinski definition) is 2. The van der Waals surface area contributed by atoms with Crippen LogP contribution in [0.1, 0.15) is 10.4 Å². The fourth-order valence-electron chi connectivity index (χ4n) is 2.28. The zero-order valence-electron chi connectivity index (χ0n) is 12.5. The van der Waals surface area contributed by atoms with Crippen LogP contribution in [0, 0.1) is 5.82 Å². The van der Waals surface area contributed by atoms with E-state index in [1.807, 2.05) is 18.4 Å². The molecule has 3 rings (SSSR count). The molecule has 0 spiro atoms. The molecule has 0 saturated carbocycles. The van der Waals surface area contributed by atoms with Gasteiger partial charge in [0.2, 0.25) is 0 Å². The Morgan fingerprint density at radius 1 is 1.35 bits per heavy atom. The molecule has 0 bridgehead atoms. The first-order valence-corrected chi connectivity index (χ1v) is 8.01. The van der Waals surface area contributed by atoms with Crippen LogP contribution in [0.2, 0.25) is 0 Å². The van der Waals surface area contributed by atoms with Gasteiger partial charge >= 0.3 is 0 Å². The monoisotopic (exact) mass is 331 g/mol. The number of carbonyl (C=O) groups is 1. The number of hydrogen-bond acceptors (Lipinski definition) is 4. The van der Waals surface area contributed by atoms with Gasteiger partial charge < -0.3 is 15.0 Å². The number of aromatic amines is 1. The molecule has 23 heavy (non-hydrogen) atoms. The van der Waals surface area contributed by atoms with Crippen molar-refractivity contribution in [3.05, 3.63) is 48.0 Å². The van der Waals surface area contributed by atoms with E-state index in [9.17, 15) is 9.18 Å². The van der Waals surface area contributed by atoms with Gasteiger partial charge in [0.05, 0.1) is 30.2 Å². The van der Waals surface area contributed by atoms with Gasteiger partial charge in [-0.25, -0.2) is 9.37 Å². The number of amides is 1. The quantitative estimate of drug-likeness (QED) is 0.716. The average Bonchev–Trinajstić information content (AvgIpc) is 3.02. The molecule has 0 unspecified atom stereocenters. The molecule has 0 radical (unpaired) electrons. The molecular weight excluding hydrogens is 317 g/mol. The maximum absolute atomic E-state index is 13.7. The van der Waals surface area contributed by atoms with Crippen molar-refractivity contribution in [2.75, 3.05) is 18.7 Å². The van der Waals surface area contributed by atoms with Gasteiger partial charge in [-0.2, -0.15) is 0 Å². The summed E-state index contributed by atoms with van der Waals surface area (Å²) in [6.45, 7) is 0. The van der Waals surface area contributed by atoms with Crippen LogP contribution in [-0.4, -0.2) is 29.2 Å². The second kappa shape index (κ2) is 6.29. The molecule has 0 saturated heterocycles. The lowest BCUT2D eigenvalue weighted by Gasteiger charge is -2.11. The number of halogens is 1. The molecule has 1 heterocycles. The largest absolute Gasteiger partial charge is 0.495 e. The van der Waals surface area contributed by atoms with Crippen molar-refractivity contribution < 1.29 is 13.9 Å². The second-order valence-corrected chi connectivity index (χ2v) is 5.65. The van der Waals surface area contributed by atoms with E-state index in [0.29, 0.717) is 22.5 Å². The molecule has 118 valence electrons. The lowest BCUT2D eigenvalue weighted by molar-refractivity contribution is 0.102. The number of ether oxygens (including phenoxy) is 1. The SMILES string of the molecule is COc1cc(SC)ccc1NC(=O)c1cc(F)cc2[nH]cnc12. The minimum atomic E-state index is -0.503. The Labute approximate surface area is 136 Å². The van der Waals surface area contributed by atoms with Gasteiger partial charge in [0.15, 0.2) is 0 Å².